The van der Waals surface area contributed by atoms with Gasteiger partial charge in [-0.25, -0.2) is 0 Å². The smallest absolute Gasteiger partial charge is 0.274 e. The zero-order valence-corrected chi connectivity index (χ0v) is 14.2. The SMILES string of the molecule is COc1ccc(C)cc1NC(=O)c1cc(N2CCCCC2)ccn1. The van der Waals surface area contributed by atoms with Gasteiger partial charge in [-0.2, -0.15) is 0 Å². The molecule has 0 radical (unpaired) electrons. The number of anilines is 2. The highest BCUT2D eigenvalue weighted by Gasteiger charge is 2.15. The van der Waals surface area contributed by atoms with Crippen molar-refractivity contribution in [2.45, 2.75) is 26.2 Å². The van der Waals surface area contributed by atoms with Crippen molar-refractivity contribution < 1.29 is 9.53 Å². The molecule has 0 saturated carbocycles. The lowest BCUT2D eigenvalue weighted by molar-refractivity contribution is 0.102. The number of benzene rings is 1. The standard InChI is InChI=1S/C19H23N3O2/c1-14-6-7-18(24-2)16(12-14)21-19(23)17-13-15(8-9-20-17)22-10-4-3-5-11-22/h6-9,12-13H,3-5,10-11H2,1-2H3,(H,21,23). The molecule has 2 heterocycles. The first-order valence-electron chi connectivity index (χ1n) is 8.34. The number of methoxy groups -OCH3 is 1. The molecule has 3 rings (SSSR count). The highest BCUT2D eigenvalue weighted by atomic mass is 16.5. The average Bonchev–Trinajstić information content (AvgIpc) is 2.63. The van der Waals surface area contributed by atoms with Crippen LogP contribution < -0.4 is 15.0 Å². The average molecular weight is 325 g/mol. The molecule has 1 aromatic heterocycles. The van der Waals surface area contributed by atoms with E-state index in [4.69, 9.17) is 4.74 Å². The maximum absolute atomic E-state index is 12.6. The van der Waals surface area contributed by atoms with E-state index < -0.39 is 0 Å². The number of carbonyl (C=O) groups is 1. The van der Waals surface area contributed by atoms with Gasteiger partial charge in [-0.05, 0) is 56.0 Å². The van der Waals surface area contributed by atoms with Crippen molar-refractivity contribution in [1.82, 2.24) is 4.98 Å². The minimum atomic E-state index is -0.224. The summed E-state index contributed by atoms with van der Waals surface area (Å²) in [4.78, 5) is 19.1. The van der Waals surface area contributed by atoms with Crippen LogP contribution in [0.15, 0.2) is 36.5 Å². The van der Waals surface area contributed by atoms with E-state index in [1.807, 2.05) is 37.3 Å². The van der Waals surface area contributed by atoms with Gasteiger partial charge in [-0.15, -0.1) is 0 Å². The lowest BCUT2D eigenvalue weighted by Gasteiger charge is -2.28. The maximum atomic E-state index is 12.6. The van der Waals surface area contributed by atoms with E-state index in [2.05, 4.69) is 15.2 Å². The summed E-state index contributed by atoms with van der Waals surface area (Å²) >= 11 is 0. The van der Waals surface area contributed by atoms with E-state index >= 15 is 0 Å². The summed E-state index contributed by atoms with van der Waals surface area (Å²) in [6.45, 7) is 4.05. The van der Waals surface area contributed by atoms with Gasteiger partial charge in [0.05, 0.1) is 12.8 Å². The molecule has 1 fully saturated rings. The van der Waals surface area contributed by atoms with Crippen LogP contribution in [-0.4, -0.2) is 31.1 Å². The van der Waals surface area contributed by atoms with Crippen LogP contribution in [0.25, 0.3) is 0 Å². The number of nitrogens with zero attached hydrogens (tertiary/aromatic N) is 2. The molecular formula is C19H23N3O2. The molecule has 1 N–H and O–H groups in total. The Kier molecular flexibility index (Phi) is 4.99. The second-order valence-corrected chi connectivity index (χ2v) is 6.10. The topological polar surface area (TPSA) is 54.5 Å². The first kappa shape index (κ1) is 16.3. The quantitative estimate of drug-likeness (QED) is 0.932. The van der Waals surface area contributed by atoms with Gasteiger partial charge >= 0.3 is 0 Å². The number of hydrogen-bond donors (Lipinski definition) is 1. The van der Waals surface area contributed by atoms with E-state index in [9.17, 15) is 4.79 Å². The number of amides is 1. The van der Waals surface area contributed by atoms with Gasteiger partial charge < -0.3 is 15.0 Å². The Morgan fingerprint density at radius 1 is 1.17 bits per heavy atom. The summed E-state index contributed by atoms with van der Waals surface area (Å²) in [5, 5.41) is 2.90. The van der Waals surface area contributed by atoms with Crippen LogP contribution in [-0.2, 0) is 0 Å². The van der Waals surface area contributed by atoms with Gasteiger partial charge in [-0.3, -0.25) is 9.78 Å². The number of nitrogens with one attached hydrogen (secondary N) is 1. The van der Waals surface area contributed by atoms with Crippen LogP contribution in [0.3, 0.4) is 0 Å². The highest BCUT2D eigenvalue weighted by Crippen LogP contribution is 2.26. The number of aromatic nitrogens is 1. The maximum Gasteiger partial charge on any atom is 0.274 e. The van der Waals surface area contributed by atoms with Gasteiger partial charge in [0.15, 0.2) is 0 Å². The predicted molar refractivity (Wildman–Crippen MR) is 96.0 cm³/mol. The van der Waals surface area contributed by atoms with Crippen molar-refractivity contribution in [1.29, 1.82) is 0 Å². The molecule has 1 aliphatic rings. The molecule has 1 amide bonds. The molecule has 1 saturated heterocycles. The molecular weight excluding hydrogens is 302 g/mol. The largest absolute Gasteiger partial charge is 0.495 e. The van der Waals surface area contributed by atoms with E-state index in [0.717, 1.165) is 24.3 Å². The molecule has 0 bridgehead atoms. The van der Waals surface area contributed by atoms with Gasteiger partial charge in [-0.1, -0.05) is 6.07 Å². The third kappa shape index (κ3) is 3.67. The first-order chi connectivity index (χ1) is 11.7. The fraction of sp³-hybridized carbons (Fsp3) is 0.368. The molecule has 1 aromatic carbocycles. The number of hydrogen-bond acceptors (Lipinski definition) is 4. The zero-order valence-electron chi connectivity index (χ0n) is 14.2. The first-order valence-corrected chi connectivity index (χ1v) is 8.34. The van der Waals surface area contributed by atoms with Gasteiger partial charge in [0.25, 0.3) is 5.91 Å². The number of rotatable bonds is 4. The second-order valence-electron chi connectivity index (χ2n) is 6.10. The fourth-order valence-corrected chi connectivity index (χ4v) is 3.00. The normalized spacial score (nSPS) is 14.3. The Hall–Kier alpha value is -2.56. The summed E-state index contributed by atoms with van der Waals surface area (Å²) < 4.78 is 5.31. The van der Waals surface area contributed by atoms with Gasteiger partial charge in [0.2, 0.25) is 0 Å². The van der Waals surface area contributed by atoms with E-state index in [-0.39, 0.29) is 5.91 Å². The molecule has 1 aliphatic heterocycles. The van der Waals surface area contributed by atoms with Crippen molar-refractivity contribution in [2.75, 3.05) is 30.4 Å². The number of piperidine rings is 1. The lowest BCUT2D eigenvalue weighted by Crippen LogP contribution is -2.29. The Morgan fingerprint density at radius 2 is 1.96 bits per heavy atom. The number of carbonyl (C=O) groups excluding carboxylic acids is 1. The van der Waals surface area contributed by atoms with Crippen LogP contribution in [0.2, 0.25) is 0 Å². The lowest BCUT2D eigenvalue weighted by atomic mass is 10.1. The molecule has 24 heavy (non-hydrogen) atoms. The Bertz CT molecular complexity index is 724. The van der Waals surface area contributed by atoms with E-state index in [0.29, 0.717) is 17.1 Å². The van der Waals surface area contributed by atoms with E-state index in [1.165, 1.54) is 19.3 Å². The minimum absolute atomic E-state index is 0.224. The summed E-state index contributed by atoms with van der Waals surface area (Å²) in [5.41, 5.74) is 3.20. The third-order valence-electron chi connectivity index (χ3n) is 4.30. The Labute approximate surface area is 142 Å². The molecule has 0 spiro atoms. The summed E-state index contributed by atoms with van der Waals surface area (Å²) in [6, 6.07) is 9.52. The van der Waals surface area contributed by atoms with Crippen molar-refractivity contribution in [3.63, 3.8) is 0 Å². The summed E-state index contributed by atoms with van der Waals surface area (Å²) in [5.74, 6) is 0.416. The molecule has 5 nitrogen and oxygen atoms in total. The van der Waals surface area contributed by atoms with Crippen molar-refractivity contribution >= 4 is 17.3 Å². The Balaban J connectivity index is 1.79. The number of aryl methyl sites for hydroxylation is 1. The summed E-state index contributed by atoms with van der Waals surface area (Å²) in [6.07, 6.45) is 5.38. The molecule has 0 unspecified atom stereocenters. The van der Waals surface area contributed by atoms with E-state index in [1.54, 1.807) is 13.3 Å². The monoisotopic (exact) mass is 325 g/mol. The molecule has 2 aromatic rings. The zero-order chi connectivity index (χ0) is 16.9. The van der Waals surface area contributed by atoms with Crippen LogP contribution in [0.5, 0.6) is 5.75 Å². The fourth-order valence-electron chi connectivity index (χ4n) is 3.00. The highest BCUT2D eigenvalue weighted by molar-refractivity contribution is 6.04. The van der Waals surface area contributed by atoms with Crippen molar-refractivity contribution in [3.05, 3.63) is 47.8 Å². The van der Waals surface area contributed by atoms with Crippen LogP contribution in [0.4, 0.5) is 11.4 Å². The minimum Gasteiger partial charge on any atom is -0.495 e. The number of pyridine rings is 1. The van der Waals surface area contributed by atoms with Gasteiger partial charge in [0, 0.05) is 25.0 Å². The van der Waals surface area contributed by atoms with Crippen LogP contribution in [0, 0.1) is 6.92 Å². The molecule has 126 valence electrons. The Morgan fingerprint density at radius 3 is 2.71 bits per heavy atom. The van der Waals surface area contributed by atoms with Crippen molar-refractivity contribution in [3.8, 4) is 5.75 Å². The van der Waals surface area contributed by atoms with Crippen LogP contribution >= 0.6 is 0 Å². The van der Waals surface area contributed by atoms with Gasteiger partial charge in [0.1, 0.15) is 11.4 Å². The third-order valence-corrected chi connectivity index (χ3v) is 4.30. The summed E-state index contributed by atoms with van der Waals surface area (Å²) in [7, 11) is 1.59. The molecule has 0 atom stereocenters. The predicted octanol–water partition coefficient (Wildman–Crippen LogP) is 3.64. The van der Waals surface area contributed by atoms with Crippen LogP contribution in [0.1, 0.15) is 35.3 Å². The second kappa shape index (κ2) is 7.34. The molecule has 0 aliphatic carbocycles. The van der Waals surface area contributed by atoms with Crippen molar-refractivity contribution in [2.24, 2.45) is 0 Å². The molecule has 5 heteroatoms. The number of ether oxygens (including phenoxy) is 1.